The zero-order chi connectivity index (χ0) is 9.89. The lowest BCUT2D eigenvalue weighted by Crippen LogP contribution is -2.35. The zero-order valence-corrected chi connectivity index (χ0v) is 11.6. The third-order valence-corrected chi connectivity index (χ3v) is 2.95. The molecule has 0 bridgehead atoms. The molecule has 72 valence electrons. The van der Waals surface area contributed by atoms with Gasteiger partial charge < -0.3 is 4.90 Å². The largest absolute Gasteiger partial charge is 0.371 e. The molecular formula is C10H23NSi. The first kappa shape index (κ1) is 11.8. The first-order chi connectivity index (χ1) is 5.37. The maximum atomic E-state index is 2.49. The Bertz CT molecular complexity index is 159. The second kappa shape index (κ2) is 4.70. The van der Waals surface area contributed by atoms with Gasteiger partial charge in [0.15, 0.2) is 0 Å². The first-order valence-electron chi connectivity index (χ1n) is 4.80. The van der Waals surface area contributed by atoms with Crippen molar-refractivity contribution in [2.45, 2.75) is 53.6 Å². The van der Waals surface area contributed by atoms with Crippen molar-refractivity contribution in [1.29, 1.82) is 0 Å². The van der Waals surface area contributed by atoms with Gasteiger partial charge >= 0.3 is 0 Å². The van der Waals surface area contributed by atoms with Crippen LogP contribution in [0.1, 0.15) is 41.5 Å². The van der Waals surface area contributed by atoms with E-state index >= 15 is 0 Å². The van der Waals surface area contributed by atoms with E-state index in [0.717, 1.165) is 0 Å². The predicted molar refractivity (Wildman–Crippen MR) is 60.4 cm³/mol. The molecule has 0 N–H and O–H groups in total. The molecule has 12 heavy (non-hydrogen) atoms. The Hall–Kier alpha value is -0.243. The fraction of sp³-hybridized carbons (Fsp3) is 0.800. The van der Waals surface area contributed by atoms with E-state index < -0.39 is 0 Å². The van der Waals surface area contributed by atoms with E-state index in [1.807, 2.05) is 0 Å². The number of rotatable bonds is 3. The van der Waals surface area contributed by atoms with E-state index in [4.69, 9.17) is 0 Å². The molecule has 0 aliphatic carbocycles. The van der Waals surface area contributed by atoms with Crippen molar-refractivity contribution in [3.05, 3.63) is 10.9 Å². The molecule has 0 aromatic heterocycles. The first-order valence-corrected chi connectivity index (χ1v) is 5.80. The smallest absolute Gasteiger partial charge is 0.0351 e. The average molecular weight is 185 g/mol. The molecule has 0 fully saturated rings. The van der Waals surface area contributed by atoms with E-state index in [-0.39, 0.29) is 0 Å². The Kier molecular flexibility index (Phi) is 4.61. The highest BCUT2D eigenvalue weighted by Gasteiger charge is 2.13. The maximum Gasteiger partial charge on any atom is 0.0351 e. The fourth-order valence-electron chi connectivity index (χ4n) is 1.63. The Labute approximate surface area is 80.3 Å². The normalized spacial score (nSPS) is 14.0. The highest BCUT2D eigenvalue weighted by molar-refractivity contribution is 6.21. The number of allylic oxidation sites excluding steroid dienone is 2. The molecule has 0 unspecified atom stereocenters. The van der Waals surface area contributed by atoms with Gasteiger partial charge in [0.2, 0.25) is 0 Å². The molecule has 0 aromatic carbocycles. The van der Waals surface area contributed by atoms with Crippen LogP contribution in [0.25, 0.3) is 0 Å². The zero-order valence-electron chi connectivity index (χ0n) is 9.60. The van der Waals surface area contributed by atoms with E-state index in [0.29, 0.717) is 12.1 Å². The van der Waals surface area contributed by atoms with Crippen molar-refractivity contribution in [2.24, 2.45) is 0 Å². The van der Waals surface area contributed by atoms with Gasteiger partial charge in [-0.2, -0.15) is 0 Å². The summed E-state index contributed by atoms with van der Waals surface area (Å²) < 4.78 is 0. The van der Waals surface area contributed by atoms with E-state index in [1.165, 1.54) is 15.9 Å². The predicted octanol–water partition coefficient (Wildman–Crippen LogP) is 1.72. The van der Waals surface area contributed by atoms with Crippen LogP contribution in [0.2, 0.25) is 0 Å². The monoisotopic (exact) mass is 185 g/mol. The van der Waals surface area contributed by atoms with Crippen LogP contribution in [-0.4, -0.2) is 27.2 Å². The second-order valence-corrected chi connectivity index (χ2v) is 5.68. The van der Waals surface area contributed by atoms with Gasteiger partial charge in [0.1, 0.15) is 0 Å². The molecule has 0 heterocycles. The molecule has 0 atom stereocenters. The summed E-state index contributed by atoms with van der Waals surface area (Å²) in [5.74, 6) is 0. The van der Waals surface area contributed by atoms with Crippen molar-refractivity contribution < 1.29 is 0 Å². The lowest BCUT2D eigenvalue weighted by atomic mass is 10.2. The van der Waals surface area contributed by atoms with Crippen molar-refractivity contribution in [3.8, 4) is 0 Å². The summed E-state index contributed by atoms with van der Waals surface area (Å²) >= 11 is 0. The van der Waals surface area contributed by atoms with Crippen molar-refractivity contribution >= 4 is 10.2 Å². The molecule has 0 aromatic rings. The summed E-state index contributed by atoms with van der Waals surface area (Å²) in [4.78, 5) is 2.49. The summed E-state index contributed by atoms with van der Waals surface area (Å²) in [7, 11) is 1.18. The minimum atomic E-state index is 0.619. The molecule has 1 nitrogen and oxygen atoms in total. The minimum Gasteiger partial charge on any atom is -0.371 e. The van der Waals surface area contributed by atoms with Crippen LogP contribution in [0.4, 0.5) is 0 Å². The SMILES string of the molecule is CC([SiH3])=C(C)N(C(C)C)C(C)C. The molecule has 0 saturated heterocycles. The van der Waals surface area contributed by atoms with Gasteiger partial charge in [-0.05, 0) is 41.5 Å². The fourth-order valence-corrected chi connectivity index (χ4v) is 1.89. The van der Waals surface area contributed by atoms with Gasteiger partial charge in [-0.15, -0.1) is 0 Å². The van der Waals surface area contributed by atoms with Crippen molar-refractivity contribution in [2.75, 3.05) is 0 Å². The lowest BCUT2D eigenvalue weighted by molar-refractivity contribution is 0.231. The van der Waals surface area contributed by atoms with Crippen LogP contribution < -0.4 is 0 Å². The second-order valence-electron chi connectivity index (χ2n) is 4.18. The minimum absolute atomic E-state index is 0.619. The average Bonchev–Trinajstić information content (AvgIpc) is 1.85. The van der Waals surface area contributed by atoms with E-state index in [2.05, 4.69) is 46.4 Å². The Morgan fingerprint density at radius 2 is 1.33 bits per heavy atom. The summed E-state index contributed by atoms with van der Waals surface area (Å²) in [5.41, 5.74) is 1.48. The molecule has 0 rings (SSSR count). The van der Waals surface area contributed by atoms with Crippen LogP contribution in [0, 0.1) is 0 Å². The third-order valence-electron chi connectivity index (χ3n) is 2.22. The summed E-state index contributed by atoms with van der Waals surface area (Å²) in [5, 5.41) is 1.55. The molecule has 0 saturated carbocycles. The van der Waals surface area contributed by atoms with E-state index in [1.54, 1.807) is 5.20 Å². The Morgan fingerprint density at radius 1 is 1.00 bits per heavy atom. The maximum absolute atomic E-state index is 2.49. The van der Waals surface area contributed by atoms with Crippen LogP contribution in [0.3, 0.4) is 0 Å². The molecule has 0 spiro atoms. The lowest BCUT2D eigenvalue weighted by Gasteiger charge is -2.34. The molecule has 2 heteroatoms. The summed E-state index contributed by atoms with van der Waals surface area (Å²) in [6.45, 7) is 13.5. The molecule has 0 aliphatic heterocycles. The number of nitrogens with zero attached hydrogens (tertiary/aromatic N) is 1. The molecule has 0 amide bonds. The molecule has 0 radical (unpaired) electrons. The summed E-state index contributed by atoms with van der Waals surface area (Å²) in [6.07, 6.45) is 0. The summed E-state index contributed by atoms with van der Waals surface area (Å²) in [6, 6.07) is 1.24. The topological polar surface area (TPSA) is 3.24 Å². The van der Waals surface area contributed by atoms with Crippen LogP contribution >= 0.6 is 0 Å². The van der Waals surface area contributed by atoms with Crippen LogP contribution in [-0.2, 0) is 0 Å². The van der Waals surface area contributed by atoms with Gasteiger partial charge in [-0.3, -0.25) is 0 Å². The number of hydrogen-bond donors (Lipinski definition) is 0. The highest BCUT2D eigenvalue weighted by Crippen LogP contribution is 2.15. The number of hydrogen-bond acceptors (Lipinski definition) is 1. The van der Waals surface area contributed by atoms with Gasteiger partial charge in [0.05, 0.1) is 0 Å². The third kappa shape index (κ3) is 3.01. The van der Waals surface area contributed by atoms with E-state index in [9.17, 15) is 0 Å². The molecular weight excluding hydrogens is 162 g/mol. The quantitative estimate of drug-likeness (QED) is 0.605. The standard InChI is InChI=1S/C10H23NSi/c1-7(2)11(8(3)4)9(5)10(6)12/h7-8H,1-6,12H3. The van der Waals surface area contributed by atoms with Crippen LogP contribution in [0.5, 0.6) is 0 Å². The Morgan fingerprint density at radius 3 is 1.42 bits per heavy atom. The van der Waals surface area contributed by atoms with Crippen LogP contribution in [0.15, 0.2) is 10.9 Å². The van der Waals surface area contributed by atoms with Gasteiger partial charge in [-0.1, -0.05) is 5.20 Å². The highest BCUT2D eigenvalue weighted by atomic mass is 28.1. The Balaban J connectivity index is 4.64. The van der Waals surface area contributed by atoms with Gasteiger partial charge in [0, 0.05) is 28.0 Å². The van der Waals surface area contributed by atoms with Gasteiger partial charge in [-0.25, -0.2) is 0 Å². The molecule has 0 aliphatic rings. The van der Waals surface area contributed by atoms with Crippen molar-refractivity contribution in [3.63, 3.8) is 0 Å². The van der Waals surface area contributed by atoms with Gasteiger partial charge in [0.25, 0.3) is 0 Å². The van der Waals surface area contributed by atoms with Crippen molar-refractivity contribution in [1.82, 2.24) is 4.90 Å².